The van der Waals surface area contributed by atoms with Crippen LogP contribution in [0.1, 0.15) is 11.1 Å². The third kappa shape index (κ3) is 4.97. The zero-order valence-electron chi connectivity index (χ0n) is 16.0. The summed E-state index contributed by atoms with van der Waals surface area (Å²) in [4.78, 5) is 20.3. The molecule has 1 aromatic heterocycles. The summed E-state index contributed by atoms with van der Waals surface area (Å²) in [5, 5.41) is 5.50. The van der Waals surface area contributed by atoms with E-state index in [0.717, 1.165) is 10.5 Å². The molecule has 30 heavy (non-hydrogen) atoms. The Hall–Kier alpha value is -2.93. The van der Waals surface area contributed by atoms with E-state index in [0.29, 0.717) is 17.6 Å². The van der Waals surface area contributed by atoms with Crippen molar-refractivity contribution in [1.82, 2.24) is 14.7 Å². The number of carbonyl (C=O) groups is 1. The van der Waals surface area contributed by atoms with Crippen molar-refractivity contribution in [3.05, 3.63) is 35.5 Å². The van der Waals surface area contributed by atoms with Gasteiger partial charge in [-0.2, -0.15) is 18.2 Å². The van der Waals surface area contributed by atoms with E-state index in [2.05, 4.69) is 25.3 Å². The summed E-state index contributed by atoms with van der Waals surface area (Å²) in [5.74, 6) is -1.10. The van der Waals surface area contributed by atoms with Crippen LogP contribution in [0, 0.1) is 0 Å². The van der Waals surface area contributed by atoms with Crippen LogP contribution in [0.4, 0.5) is 36.3 Å². The van der Waals surface area contributed by atoms with E-state index in [9.17, 15) is 26.4 Å². The molecule has 1 aliphatic heterocycles. The number of fused-ring (bicyclic) bond motifs is 1. The molecule has 0 saturated carbocycles. The molecule has 1 aromatic carbocycles. The van der Waals surface area contributed by atoms with Crippen molar-refractivity contribution >= 4 is 39.1 Å². The number of amides is 1. The van der Waals surface area contributed by atoms with Crippen molar-refractivity contribution in [2.45, 2.75) is 12.6 Å². The van der Waals surface area contributed by atoms with Crippen LogP contribution in [-0.4, -0.2) is 50.7 Å². The Labute approximate surface area is 170 Å². The maximum Gasteiger partial charge on any atom is 0.421 e. The van der Waals surface area contributed by atoms with Gasteiger partial charge in [-0.3, -0.25) is 4.79 Å². The quantitative estimate of drug-likeness (QED) is 0.595. The van der Waals surface area contributed by atoms with Crippen LogP contribution in [-0.2, 0) is 27.4 Å². The molecule has 2 aromatic rings. The smallest absolute Gasteiger partial charge is 0.358 e. The normalized spacial score (nSPS) is 13.7. The minimum Gasteiger partial charge on any atom is -0.358 e. The third-order valence-electron chi connectivity index (χ3n) is 4.43. The van der Waals surface area contributed by atoms with Crippen molar-refractivity contribution in [2.24, 2.45) is 0 Å². The van der Waals surface area contributed by atoms with E-state index in [1.807, 2.05) is 0 Å². The number of hydrogen-bond acceptors (Lipinski definition) is 7. The van der Waals surface area contributed by atoms with Crippen molar-refractivity contribution < 1.29 is 26.4 Å². The Kier molecular flexibility index (Phi) is 5.85. The lowest BCUT2D eigenvalue weighted by Gasteiger charge is -2.22. The molecule has 13 heteroatoms. The second-order valence-electron chi connectivity index (χ2n) is 6.60. The summed E-state index contributed by atoms with van der Waals surface area (Å²) >= 11 is 0. The maximum absolute atomic E-state index is 13.4. The number of benzene rings is 1. The number of sulfonamides is 1. The highest BCUT2D eigenvalue weighted by molar-refractivity contribution is 7.89. The average molecular weight is 444 g/mol. The highest BCUT2D eigenvalue weighted by Gasteiger charge is 2.36. The van der Waals surface area contributed by atoms with Crippen molar-refractivity contribution in [2.75, 3.05) is 41.9 Å². The monoisotopic (exact) mass is 444 g/mol. The molecule has 3 N–H and O–H groups in total. The van der Waals surface area contributed by atoms with Crippen molar-refractivity contribution in [1.29, 1.82) is 0 Å². The Balaban J connectivity index is 1.87. The molecule has 2 heterocycles. The summed E-state index contributed by atoms with van der Waals surface area (Å²) in [7, 11) is -1.06. The van der Waals surface area contributed by atoms with Crippen molar-refractivity contribution in [3.63, 3.8) is 0 Å². The molecule has 0 radical (unpaired) electrons. The van der Waals surface area contributed by atoms with E-state index in [-0.39, 0.29) is 24.8 Å². The molecule has 3 rings (SSSR count). The zero-order chi connectivity index (χ0) is 22.1. The first kappa shape index (κ1) is 21.8. The fourth-order valence-electron chi connectivity index (χ4n) is 2.83. The van der Waals surface area contributed by atoms with E-state index >= 15 is 0 Å². The first-order valence-corrected chi connectivity index (χ1v) is 10.4. The first-order chi connectivity index (χ1) is 14.0. The number of halogens is 3. The Morgan fingerprint density at radius 2 is 2.03 bits per heavy atom. The zero-order valence-corrected chi connectivity index (χ0v) is 16.9. The Morgan fingerprint density at radius 3 is 2.70 bits per heavy atom. The first-order valence-electron chi connectivity index (χ1n) is 8.75. The molecule has 0 aliphatic carbocycles. The van der Waals surface area contributed by atoms with Gasteiger partial charge < -0.3 is 15.5 Å². The second kappa shape index (κ2) is 8.07. The summed E-state index contributed by atoms with van der Waals surface area (Å²) in [6.45, 7) is -0.213. The van der Waals surface area contributed by atoms with Crippen molar-refractivity contribution in [3.8, 4) is 0 Å². The fraction of sp³-hybridized carbons (Fsp3) is 0.353. The molecule has 0 unspecified atom stereocenters. The number of aromatic nitrogens is 2. The molecule has 0 spiro atoms. The number of anilines is 4. The van der Waals surface area contributed by atoms with Gasteiger partial charge in [-0.05, 0) is 30.8 Å². The topological polar surface area (TPSA) is 116 Å². The number of nitrogens with zero attached hydrogens (tertiary/aromatic N) is 3. The SMILES string of the molecule is CNS(=O)(=O)CCN(C)c1nc(Nc2ccc3c(c2)CC(=O)N3)ncc1C(F)(F)F. The van der Waals surface area contributed by atoms with E-state index in [4.69, 9.17) is 0 Å². The largest absolute Gasteiger partial charge is 0.421 e. The molecule has 0 fully saturated rings. The van der Waals surface area contributed by atoms with Gasteiger partial charge in [-0.1, -0.05) is 0 Å². The molecule has 1 amide bonds. The molecular formula is C17H19F3N6O3S. The molecular weight excluding hydrogens is 425 g/mol. The Bertz CT molecular complexity index is 1070. The summed E-state index contributed by atoms with van der Waals surface area (Å²) in [5.41, 5.74) is 0.828. The Morgan fingerprint density at radius 1 is 1.30 bits per heavy atom. The maximum atomic E-state index is 13.4. The number of carbonyl (C=O) groups excluding carboxylic acids is 1. The van der Waals surface area contributed by atoms with Gasteiger partial charge in [0.15, 0.2) is 0 Å². The second-order valence-corrected chi connectivity index (χ2v) is 8.64. The van der Waals surface area contributed by atoms with Gasteiger partial charge in [0.25, 0.3) is 0 Å². The van der Waals surface area contributed by atoms with E-state index in [1.165, 1.54) is 14.1 Å². The molecule has 0 bridgehead atoms. The van der Waals surface area contributed by atoms with Crippen LogP contribution in [0.25, 0.3) is 0 Å². The van der Waals surface area contributed by atoms with Gasteiger partial charge in [0.1, 0.15) is 11.4 Å². The molecule has 0 saturated heterocycles. The minimum atomic E-state index is -4.72. The van der Waals surface area contributed by atoms with Crippen LogP contribution in [0.3, 0.4) is 0 Å². The predicted octanol–water partition coefficient (Wildman–Crippen LogP) is 1.72. The van der Waals surface area contributed by atoms with Gasteiger partial charge in [0.05, 0.1) is 12.2 Å². The molecule has 162 valence electrons. The number of nitrogens with one attached hydrogen (secondary N) is 3. The molecule has 1 aliphatic rings. The van der Waals surface area contributed by atoms with Gasteiger partial charge >= 0.3 is 6.18 Å². The van der Waals surface area contributed by atoms with Gasteiger partial charge in [0.2, 0.25) is 21.9 Å². The van der Waals surface area contributed by atoms with Crippen LogP contribution < -0.4 is 20.3 Å². The van der Waals surface area contributed by atoms with Crippen LogP contribution >= 0.6 is 0 Å². The summed E-state index contributed by atoms with van der Waals surface area (Å²) in [6.07, 6.45) is -3.87. The van der Waals surface area contributed by atoms with E-state index < -0.39 is 33.3 Å². The van der Waals surface area contributed by atoms with Crippen LogP contribution in [0.2, 0.25) is 0 Å². The third-order valence-corrected chi connectivity index (χ3v) is 5.77. The van der Waals surface area contributed by atoms with Crippen LogP contribution in [0.5, 0.6) is 0 Å². The summed E-state index contributed by atoms with van der Waals surface area (Å²) < 4.78 is 65.5. The minimum absolute atomic E-state index is 0.0986. The number of hydrogen-bond donors (Lipinski definition) is 3. The molecule has 0 atom stereocenters. The highest BCUT2D eigenvalue weighted by atomic mass is 32.2. The van der Waals surface area contributed by atoms with Gasteiger partial charge in [-0.15, -0.1) is 0 Å². The lowest BCUT2D eigenvalue weighted by Crippen LogP contribution is -2.32. The number of rotatable bonds is 7. The van der Waals surface area contributed by atoms with E-state index in [1.54, 1.807) is 18.2 Å². The lowest BCUT2D eigenvalue weighted by molar-refractivity contribution is -0.137. The lowest BCUT2D eigenvalue weighted by atomic mass is 10.1. The molecule has 9 nitrogen and oxygen atoms in total. The standard InChI is InChI=1S/C17H19F3N6O3S/c1-21-30(28,29)6-5-26(2)15-12(17(18,19)20)9-22-16(25-15)23-11-3-4-13-10(7-11)8-14(27)24-13/h3-4,7,9,21H,5-6,8H2,1-2H3,(H,24,27)(H,22,23,25). The average Bonchev–Trinajstić information content (AvgIpc) is 3.04. The van der Waals surface area contributed by atoms with Gasteiger partial charge in [-0.25, -0.2) is 18.1 Å². The highest BCUT2D eigenvalue weighted by Crippen LogP contribution is 2.35. The fourth-order valence-corrected chi connectivity index (χ4v) is 3.54. The predicted molar refractivity (Wildman–Crippen MR) is 105 cm³/mol. The number of alkyl halides is 3. The summed E-state index contributed by atoms with van der Waals surface area (Å²) in [6, 6.07) is 4.98. The van der Waals surface area contributed by atoms with Gasteiger partial charge in [0, 0.05) is 31.2 Å². The van der Waals surface area contributed by atoms with Crippen LogP contribution in [0.15, 0.2) is 24.4 Å².